The molecule has 1 aromatic carbocycles. The summed E-state index contributed by atoms with van der Waals surface area (Å²) < 4.78 is 11.0. The van der Waals surface area contributed by atoms with Gasteiger partial charge < -0.3 is 19.4 Å². The van der Waals surface area contributed by atoms with Crippen molar-refractivity contribution in [2.45, 2.75) is 31.7 Å². The Labute approximate surface area is 162 Å². The Hall–Kier alpha value is -2.93. The standard InChI is InChI=1S/C21H22N2O5/c24-17-7-4-8-18-20(17)16(13-28-18)21(26)23-9-10-27-12-15(23)11-19(25)22-14-5-2-1-3-6-14/h1-3,5-6,13,15H,4,7-12H2,(H,22,25)/t15-/m0/s1. The zero-order valence-corrected chi connectivity index (χ0v) is 15.5. The first kappa shape index (κ1) is 18.4. The summed E-state index contributed by atoms with van der Waals surface area (Å²) in [5.41, 5.74) is 1.42. The lowest BCUT2D eigenvalue weighted by atomic mass is 9.93. The van der Waals surface area contributed by atoms with E-state index in [0.717, 1.165) is 6.42 Å². The highest BCUT2D eigenvalue weighted by Crippen LogP contribution is 2.28. The molecule has 1 saturated heterocycles. The first-order chi connectivity index (χ1) is 13.6. The third kappa shape index (κ3) is 3.71. The van der Waals surface area contributed by atoms with Crippen molar-refractivity contribution in [3.8, 4) is 0 Å². The second-order valence-electron chi connectivity index (χ2n) is 7.07. The van der Waals surface area contributed by atoms with E-state index in [0.29, 0.717) is 48.6 Å². The summed E-state index contributed by atoms with van der Waals surface area (Å²) in [6, 6.07) is 8.78. The summed E-state index contributed by atoms with van der Waals surface area (Å²) in [5.74, 6) is 0.0714. The van der Waals surface area contributed by atoms with Gasteiger partial charge in [0.25, 0.3) is 5.91 Å². The Balaban J connectivity index is 1.49. The van der Waals surface area contributed by atoms with Gasteiger partial charge in [0.15, 0.2) is 5.78 Å². The molecule has 0 spiro atoms. The van der Waals surface area contributed by atoms with Crippen LogP contribution in [0.25, 0.3) is 0 Å². The lowest BCUT2D eigenvalue weighted by Crippen LogP contribution is -2.50. The number of carbonyl (C=O) groups is 3. The van der Waals surface area contributed by atoms with E-state index in [1.165, 1.54) is 6.26 Å². The van der Waals surface area contributed by atoms with Gasteiger partial charge in [-0.25, -0.2) is 0 Å². The fraction of sp³-hybridized carbons (Fsp3) is 0.381. The first-order valence-electron chi connectivity index (χ1n) is 9.50. The number of Topliss-reactive ketones (excluding diaryl/α,β-unsaturated/α-hetero) is 1. The molecule has 2 aromatic rings. The number of amides is 2. The Morgan fingerprint density at radius 3 is 2.82 bits per heavy atom. The highest BCUT2D eigenvalue weighted by molar-refractivity contribution is 6.09. The molecule has 1 aliphatic carbocycles. The van der Waals surface area contributed by atoms with Gasteiger partial charge in [-0.1, -0.05) is 18.2 Å². The summed E-state index contributed by atoms with van der Waals surface area (Å²) in [6.07, 6.45) is 3.34. The normalized spacial score (nSPS) is 19.2. The summed E-state index contributed by atoms with van der Waals surface area (Å²) in [7, 11) is 0. The van der Waals surface area contributed by atoms with Gasteiger partial charge in [-0.2, -0.15) is 0 Å². The zero-order chi connectivity index (χ0) is 19.5. The molecule has 0 radical (unpaired) electrons. The van der Waals surface area contributed by atoms with E-state index in [4.69, 9.17) is 9.15 Å². The van der Waals surface area contributed by atoms with Crippen molar-refractivity contribution >= 4 is 23.3 Å². The van der Waals surface area contributed by atoms with Crippen molar-refractivity contribution in [1.29, 1.82) is 0 Å². The van der Waals surface area contributed by atoms with E-state index in [9.17, 15) is 14.4 Å². The number of anilines is 1. The van der Waals surface area contributed by atoms with Crippen molar-refractivity contribution in [3.05, 3.63) is 53.5 Å². The van der Waals surface area contributed by atoms with Gasteiger partial charge in [-0.15, -0.1) is 0 Å². The minimum atomic E-state index is -0.394. The lowest BCUT2D eigenvalue weighted by Gasteiger charge is -2.35. The van der Waals surface area contributed by atoms with Crippen molar-refractivity contribution < 1.29 is 23.5 Å². The van der Waals surface area contributed by atoms with E-state index in [1.807, 2.05) is 30.3 Å². The monoisotopic (exact) mass is 382 g/mol. The number of ether oxygens (including phenoxy) is 1. The van der Waals surface area contributed by atoms with E-state index in [1.54, 1.807) is 4.90 Å². The minimum absolute atomic E-state index is 0.0509. The number of nitrogens with one attached hydrogen (secondary N) is 1. The number of rotatable bonds is 4. The lowest BCUT2D eigenvalue weighted by molar-refractivity contribution is -0.118. The number of aryl methyl sites for hydroxylation is 1. The molecule has 1 atom stereocenters. The van der Waals surface area contributed by atoms with Crippen LogP contribution in [0.4, 0.5) is 5.69 Å². The molecule has 1 aliphatic heterocycles. The number of morpholine rings is 1. The van der Waals surface area contributed by atoms with Crippen LogP contribution in [-0.2, 0) is 16.0 Å². The second kappa shape index (κ2) is 7.98. The Bertz CT molecular complexity index is 889. The number of nitrogens with zero attached hydrogens (tertiary/aromatic N) is 1. The van der Waals surface area contributed by atoms with Crippen LogP contribution in [0.1, 0.15) is 45.7 Å². The van der Waals surface area contributed by atoms with Gasteiger partial charge in [0.1, 0.15) is 12.0 Å². The van der Waals surface area contributed by atoms with E-state index >= 15 is 0 Å². The Kier molecular flexibility index (Phi) is 5.25. The molecule has 2 heterocycles. The maximum atomic E-state index is 13.2. The third-order valence-corrected chi connectivity index (χ3v) is 5.15. The van der Waals surface area contributed by atoms with Gasteiger partial charge in [-0.05, 0) is 18.6 Å². The summed E-state index contributed by atoms with van der Waals surface area (Å²) in [6.45, 7) is 1.05. The topological polar surface area (TPSA) is 88.8 Å². The maximum Gasteiger partial charge on any atom is 0.258 e. The van der Waals surface area contributed by atoms with Crippen LogP contribution >= 0.6 is 0 Å². The van der Waals surface area contributed by atoms with Gasteiger partial charge in [-0.3, -0.25) is 14.4 Å². The fourth-order valence-electron chi connectivity index (χ4n) is 3.77. The summed E-state index contributed by atoms with van der Waals surface area (Å²) in [5, 5.41) is 2.84. The van der Waals surface area contributed by atoms with Crippen LogP contribution < -0.4 is 5.32 Å². The van der Waals surface area contributed by atoms with E-state index < -0.39 is 6.04 Å². The molecule has 2 aliphatic rings. The molecule has 7 heteroatoms. The quantitative estimate of drug-likeness (QED) is 0.878. The smallest absolute Gasteiger partial charge is 0.258 e. The molecule has 146 valence electrons. The van der Waals surface area contributed by atoms with Crippen LogP contribution in [0, 0.1) is 0 Å². The van der Waals surface area contributed by atoms with Crippen LogP contribution in [-0.4, -0.2) is 48.3 Å². The fourth-order valence-corrected chi connectivity index (χ4v) is 3.77. The average molecular weight is 382 g/mol. The molecular weight excluding hydrogens is 360 g/mol. The number of carbonyl (C=O) groups excluding carboxylic acids is 3. The van der Waals surface area contributed by atoms with Crippen molar-refractivity contribution in [2.75, 3.05) is 25.1 Å². The number of para-hydroxylation sites is 1. The van der Waals surface area contributed by atoms with Crippen LogP contribution in [0.15, 0.2) is 41.0 Å². The number of benzene rings is 1. The van der Waals surface area contributed by atoms with Gasteiger partial charge >= 0.3 is 0 Å². The number of hydrogen-bond acceptors (Lipinski definition) is 5. The molecule has 4 rings (SSSR count). The molecule has 28 heavy (non-hydrogen) atoms. The van der Waals surface area contributed by atoms with Crippen LogP contribution in [0.3, 0.4) is 0 Å². The molecule has 0 saturated carbocycles. The SMILES string of the molecule is O=C(C[C@H]1COCCN1C(=O)c1coc2c1C(=O)CCC2)Nc1ccccc1. The molecular formula is C21H22N2O5. The largest absolute Gasteiger partial charge is 0.468 e. The number of fused-ring (bicyclic) bond motifs is 1. The first-order valence-corrected chi connectivity index (χ1v) is 9.50. The van der Waals surface area contributed by atoms with Crippen LogP contribution in [0.2, 0.25) is 0 Å². The molecule has 1 aromatic heterocycles. The molecule has 2 amide bonds. The van der Waals surface area contributed by atoms with Crippen molar-refractivity contribution in [2.24, 2.45) is 0 Å². The van der Waals surface area contributed by atoms with Crippen molar-refractivity contribution in [1.82, 2.24) is 4.90 Å². The maximum absolute atomic E-state index is 13.2. The Morgan fingerprint density at radius 2 is 2.00 bits per heavy atom. The van der Waals surface area contributed by atoms with Crippen molar-refractivity contribution in [3.63, 3.8) is 0 Å². The van der Waals surface area contributed by atoms with E-state index in [-0.39, 0.29) is 30.6 Å². The molecule has 7 nitrogen and oxygen atoms in total. The number of hydrogen-bond donors (Lipinski definition) is 1. The zero-order valence-electron chi connectivity index (χ0n) is 15.5. The molecule has 0 unspecified atom stereocenters. The summed E-state index contributed by atoms with van der Waals surface area (Å²) in [4.78, 5) is 39.5. The van der Waals surface area contributed by atoms with Gasteiger partial charge in [0.2, 0.25) is 5.91 Å². The minimum Gasteiger partial charge on any atom is -0.468 e. The number of ketones is 1. The highest BCUT2D eigenvalue weighted by Gasteiger charge is 2.35. The Morgan fingerprint density at radius 1 is 1.18 bits per heavy atom. The van der Waals surface area contributed by atoms with Gasteiger partial charge in [0.05, 0.1) is 30.4 Å². The third-order valence-electron chi connectivity index (χ3n) is 5.15. The molecule has 0 bridgehead atoms. The highest BCUT2D eigenvalue weighted by atomic mass is 16.5. The van der Waals surface area contributed by atoms with Crippen LogP contribution in [0.5, 0.6) is 0 Å². The second-order valence-corrected chi connectivity index (χ2v) is 7.07. The number of furan rings is 1. The predicted octanol–water partition coefficient (Wildman–Crippen LogP) is 2.67. The van der Waals surface area contributed by atoms with Gasteiger partial charge in [0, 0.05) is 31.5 Å². The predicted molar refractivity (Wildman–Crippen MR) is 101 cm³/mol. The average Bonchev–Trinajstić information content (AvgIpc) is 3.14. The molecule has 1 N–H and O–H groups in total. The molecule has 1 fully saturated rings. The van der Waals surface area contributed by atoms with E-state index in [2.05, 4.69) is 5.32 Å². The summed E-state index contributed by atoms with van der Waals surface area (Å²) >= 11 is 0.